The molecule has 0 aromatic rings. The zero-order chi connectivity index (χ0) is 9.90. The van der Waals surface area contributed by atoms with Gasteiger partial charge in [-0.2, -0.15) is 0 Å². The maximum atomic E-state index is 9.08. The van der Waals surface area contributed by atoms with Crippen molar-refractivity contribution in [2.45, 2.75) is 26.6 Å². The summed E-state index contributed by atoms with van der Waals surface area (Å²) >= 11 is 0. The molecule has 0 aromatic heterocycles. The normalized spacial score (nSPS) is 35.0. The Labute approximate surface area is 78.9 Å². The Morgan fingerprint density at radius 3 is 3.00 bits per heavy atom. The predicted octanol–water partition coefficient (Wildman–Crippen LogP) is 1.15. The maximum Gasteiger partial charge on any atom is 0.174 e. The van der Waals surface area contributed by atoms with E-state index in [-0.39, 0.29) is 5.41 Å². The molecule has 3 N–H and O–H groups in total. The van der Waals surface area contributed by atoms with Gasteiger partial charge in [-0.05, 0) is 19.4 Å². The Kier molecular flexibility index (Phi) is 3.12. The van der Waals surface area contributed by atoms with Gasteiger partial charge in [-0.3, -0.25) is 0 Å². The zero-order valence-corrected chi connectivity index (χ0v) is 8.16. The molecule has 3 heteroatoms. The van der Waals surface area contributed by atoms with Crippen molar-refractivity contribution in [3.8, 4) is 0 Å². The third-order valence-electron chi connectivity index (χ3n) is 2.23. The minimum Gasteiger partial charge on any atom is -0.402 e. The Balaban J connectivity index is 2.62. The highest BCUT2D eigenvalue weighted by Gasteiger charge is 2.26. The summed E-state index contributed by atoms with van der Waals surface area (Å²) in [6.07, 6.45) is 5.54. The quantitative estimate of drug-likeness (QED) is 0.631. The second kappa shape index (κ2) is 3.94. The van der Waals surface area contributed by atoms with Crippen LogP contribution in [0.15, 0.2) is 23.9 Å². The van der Waals surface area contributed by atoms with Crippen LogP contribution in [-0.4, -0.2) is 18.0 Å². The fourth-order valence-electron chi connectivity index (χ4n) is 1.37. The van der Waals surface area contributed by atoms with E-state index in [1.54, 1.807) is 6.08 Å². The summed E-state index contributed by atoms with van der Waals surface area (Å²) in [4.78, 5) is 0. The van der Waals surface area contributed by atoms with Crippen molar-refractivity contribution >= 4 is 0 Å². The fourth-order valence-corrected chi connectivity index (χ4v) is 1.37. The summed E-state index contributed by atoms with van der Waals surface area (Å²) in [6.45, 7) is 4.49. The van der Waals surface area contributed by atoms with Crippen LogP contribution in [0.1, 0.15) is 20.3 Å². The molecule has 1 rings (SSSR count). The molecule has 1 heterocycles. The Morgan fingerprint density at radius 2 is 2.54 bits per heavy atom. The molecule has 0 aliphatic carbocycles. The maximum absolute atomic E-state index is 9.08. The lowest BCUT2D eigenvalue weighted by atomic mass is 9.85. The van der Waals surface area contributed by atoms with Crippen molar-refractivity contribution in [1.29, 1.82) is 0 Å². The first-order valence-electron chi connectivity index (χ1n) is 4.45. The van der Waals surface area contributed by atoms with Crippen molar-refractivity contribution < 1.29 is 9.84 Å². The van der Waals surface area contributed by atoms with Crippen LogP contribution in [0, 0.1) is 5.41 Å². The molecule has 0 amide bonds. The number of aliphatic hydroxyl groups excluding tert-OH is 1. The van der Waals surface area contributed by atoms with E-state index in [0.29, 0.717) is 6.61 Å². The van der Waals surface area contributed by atoms with Crippen LogP contribution in [0.3, 0.4) is 0 Å². The molecule has 0 saturated heterocycles. The van der Waals surface area contributed by atoms with Gasteiger partial charge in [0.05, 0.1) is 6.61 Å². The summed E-state index contributed by atoms with van der Waals surface area (Å²) in [5.41, 5.74) is 6.51. The largest absolute Gasteiger partial charge is 0.402 e. The number of ether oxygens (including phenoxy) is 1. The summed E-state index contributed by atoms with van der Waals surface area (Å²) in [7, 11) is 0. The standard InChI is InChI=1S/C10H17NO2/c1-3-8(11)6-10(2)5-4-9(12)13-7-10/h3-5,9,12H,6-7,11H2,1-2H3/b8-3+. The molecule has 0 spiro atoms. The van der Waals surface area contributed by atoms with Gasteiger partial charge in [0.1, 0.15) is 0 Å². The smallest absolute Gasteiger partial charge is 0.174 e. The fraction of sp³-hybridized carbons (Fsp3) is 0.600. The molecular formula is C10H17NO2. The Bertz CT molecular complexity index is 235. The van der Waals surface area contributed by atoms with Gasteiger partial charge in [0.15, 0.2) is 6.29 Å². The summed E-state index contributed by atoms with van der Waals surface area (Å²) in [6, 6.07) is 0. The van der Waals surface area contributed by atoms with E-state index < -0.39 is 6.29 Å². The third kappa shape index (κ3) is 2.86. The monoisotopic (exact) mass is 183 g/mol. The number of nitrogens with two attached hydrogens (primary N) is 1. The van der Waals surface area contributed by atoms with Crippen LogP contribution < -0.4 is 5.73 Å². The number of rotatable bonds is 2. The molecular weight excluding hydrogens is 166 g/mol. The SMILES string of the molecule is C/C=C(/N)CC1(C)C=CC(O)OC1. The van der Waals surface area contributed by atoms with Gasteiger partial charge in [-0.15, -0.1) is 0 Å². The molecule has 2 atom stereocenters. The molecule has 0 aromatic carbocycles. The molecule has 74 valence electrons. The van der Waals surface area contributed by atoms with Gasteiger partial charge >= 0.3 is 0 Å². The van der Waals surface area contributed by atoms with Gasteiger partial charge in [-0.25, -0.2) is 0 Å². The molecule has 0 bridgehead atoms. The third-order valence-corrected chi connectivity index (χ3v) is 2.23. The van der Waals surface area contributed by atoms with Crippen molar-refractivity contribution in [2.24, 2.45) is 11.1 Å². The first-order valence-corrected chi connectivity index (χ1v) is 4.45. The number of hydrogen-bond donors (Lipinski definition) is 2. The molecule has 1 aliphatic heterocycles. The van der Waals surface area contributed by atoms with E-state index in [1.165, 1.54) is 0 Å². The Morgan fingerprint density at radius 1 is 1.85 bits per heavy atom. The number of hydrogen-bond acceptors (Lipinski definition) is 3. The van der Waals surface area contributed by atoms with Crippen molar-refractivity contribution in [3.63, 3.8) is 0 Å². The highest BCUT2D eigenvalue weighted by Crippen LogP contribution is 2.29. The van der Waals surface area contributed by atoms with Crippen LogP contribution in [0.25, 0.3) is 0 Å². The first-order chi connectivity index (χ1) is 6.06. The summed E-state index contributed by atoms with van der Waals surface area (Å²) in [5, 5.41) is 9.08. The van der Waals surface area contributed by atoms with Crippen LogP contribution in [0.4, 0.5) is 0 Å². The topological polar surface area (TPSA) is 55.5 Å². The van der Waals surface area contributed by atoms with E-state index in [1.807, 2.05) is 19.1 Å². The molecule has 13 heavy (non-hydrogen) atoms. The van der Waals surface area contributed by atoms with Gasteiger partial charge in [0, 0.05) is 11.1 Å². The second-order valence-corrected chi connectivity index (χ2v) is 3.76. The van der Waals surface area contributed by atoms with E-state index in [4.69, 9.17) is 15.6 Å². The second-order valence-electron chi connectivity index (χ2n) is 3.76. The lowest BCUT2D eigenvalue weighted by Crippen LogP contribution is -2.30. The van der Waals surface area contributed by atoms with Gasteiger partial charge in [0.25, 0.3) is 0 Å². The Hall–Kier alpha value is -0.800. The molecule has 0 fully saturated rings. The number of allylic oxidation sites excluding steroid dienone is 2. The molecule has 0 radical (unpaired) electrons. The molecule has 0 saturated carbocycles. The van der Waals surface area contributed by atoms with Crippen molar-refractivity contribution in [1.82, 2.24) is 0 Å². The van der Waals surface area contributed by atoms with Gasteiger partial charge in [0.2, 0.25) is 0 Å². The van der Waals surface area contributed by atoms with Crippen LogP contribution >= 0.6 is 0 Å². The van der Waals surface area contributed by atoms with E-state index in [2.05, 4.69) is 6.92 Å². The van der Waals surface area contributed by atoms with E-state index in [0.717, 1.165) is 12.1 Å². The van der Waals surface area contributed by atoms with Crippen LogP contribution in [0.5, 0.6) is 0 Å². The lowest BCUT2D eigenvalue weighted by molar-refractivity contribution is -0.0958. The predicted molar refractivity (Wildman–Crippen MR) is 51.8 cm³/mol. The van der Waals surface area contributed by atoms with Gasteiger partial charge < -0.3 is 15.6 Å². The average Bonchev–Trinajstić information content (AvgIpc) is 2.10. The highest BCUT2D eigenvalue weighted by atomic mass is 16.6. The van der Waals surface area contributed by atoms with Gasteiger partial charge in [-0.1, -0.05) is 19.1 Å². The minimum absolute atomic E-state index is 0.0736. The highest BCUT2D eigenvalue weighted by molar-refractivity contribution is 5.09. The number of aliphatic hydroxyl groups is 1. The van der Waals surface area contributed by atoms with Crippen LogP contribution in [0.2, 0.25) is 0 Å². The minimum atomic E-state index is -0.750. The van der Waals surface area contributed by atoms with E-state index in [9.17, 15) is 0 Å². The van der Waals surface area contributed by atoms with Crippen LogP contribution in [-0.2, 0) is 4.74 Å². The molecule has 1 aliphatic rings. The summed E-state index contributed by atoms with van der Waals surface area (Å²) < 4.78 is 5.12. The average molecular weight is 183 g/mol. The van der Waals surface area contributed by atoms with Crippen molar-refractivity contribution in [2.75, 3.05) is 6.61 Å². The lowest BCUT2D eigenvalue weighted by Gasteiger charge is -2.30. The molecule has 2 unspecified atom stereocenters. The van der Waals surface area contributed by atoms with Crippen molar-refractivity contribution in [3.05, 3.63) is 23.9 Å². The van der Waals surface area contributed by atoms with E-state index >= 15 is 0 Å². The molecule has 3 nitrogen and oxygen atoms in total. The summed E-state index contributed by atoms with van der Waals surface area (Å²) in [5.74, 6) is 0. The first kappa shape index (κ1) is 10.3. The zero-order valence-electron chi connectivity index (χ0n) is 8.16.